The second-order valence-corrected chi connectivity index (χ2v) is 8.31. The van der Waals surface area contributed by atoms with Crippen molar-refractivity contribution < 1.29 is 58.6 Å². The van der Waals surface area contributed by atoms with Gasteiger partial charge in [0.15, 0.2) is 5.44 Å². The molecule has 1 fully saturated rings. The number of aliphatic hydroxyl groups excluding tert-OH is 1. The fourth-order valence-corrected chi connectivity index (χ4v) is 3.80. The number of carbonyl (C=O) groups excluding carboxylic acids is 1. The van der Waals surface area contributed by atoms with Gasteiger partial charge in [-0.2, -0.15) is 8.42 Å². The summed E-state index contributed by atoms with van der Waals surface area (Å²) in [6, 6.07) is 9.20. The van der Waals surface area contributed by atoms with Crippen LogP contribution in [0.2, 0.25) is 0 Å². The third-order valence-corrected chi connectivity index (χ3v) is 5.61. The Kier molecular flexibility index (Phi) is 10.4. The maximum atomic E-state index is 12.4. The van der Waals surface area contributed by atoms with E-state index >= 15 is 0 Å². The van der Waals surface area contributed by atoms with Gasteiger partial charge in [0, 0.05) is 6.42 Å². The van der Waals surface area contributed by atoms with Gasteiger partial charge in [-0.1, -0.05) is 62.4 Å². The zero-order chi connectivity index (χ0) is 18.3. The molecule has 26 heavy (non-hydrogen) atoms. The molecule has 2 atom stereocenters. The van der Waals surface area contributed by atoms with Crippen LogP contribution < -0.4 is 29.6 Å². The Labute approximate surface area is 178 Å². The third kappa shape index (κ3) is 8.06. The summed E-state index contributed by atoms with van der Waals surface area (Å²) in [5.41, 5.74) is -1.13. The molecule has 1 aromatic carbocycles. The molecule has 142 valence electrons. The topological polar surface area (TPSA) is 101 Å². The number of rotatable bonds is 8. The van der Waals surface area contributed by atoms with Gasteiger partial charge < -0.3 is 11.3 Å². The molecule has 0 radical (unpaired) electrons. The molecule has 1 saturated carbocycles. The van der Waals surface area contributed by atoms with Crippen molar-refractivity contribution in [3.63, 3.8) is 0 Å². The quantitative estimate of drug-likeness (QED) is 0.367. The van der Waals surface area contributed by atoms with Crippen LogP contribution in [0.3, 0.4) is 0 Å². The van der Waals surface area contributed by atoms with E-state index in [1.807, 2.05) is 30.3 Å². The second kappa shape index (κ2) is 11.4. The van der Waals surface area contributed by atoms with E-state index in [4.69, 9.17) is 9.29 Å². The van der Waals surface area contributed by atoms with Crippen LogP contribution >= 0.6 is 0 Å². The van der Waals surface area contributed by atoms with Crippen LogP contribution in [0.15, 0.2) is 30.3 Å². The summed E-state index contributed by atoms with van der Waals surface area (Å²) in [6.07, 6.45) is 5.47. The fraction of sp³-hybridized carbons (Fsp3) is 0.611. The first-order valence-electron chi connectivity index (χ1n) is 8.71. The average molecular weight is 394 g/mol. The number of aliphatic hydroxyl groups is 1. The Morgan fingerprint density at radius 2 is 1.81 bits per heavy atom. The number of carbonyl (C=O) groups is 1. The van der Waals surface area contributed by atoms with Crippen molar-refractivity contribution in [2.24, 2.45) is 11.8 Å². The number of hydrogen-bond acceptors (Lipinski definition) is 5. The molecule has 0 amide bonds. The fourth-order valence-electron chi connectivity index (χ4n) is 3.33. The molecule has 0 aromatic heterocycles. The van der Waals surface area contributed by atoms with E-state index in [0.29, 0.717) is 12.3 Å². The van der Waals surface area contributed by atoms with Crippen molar-refractivity contribution in [2.45, 2.75) is 57.0 Å². The van der Waals surface area contributed by atoms with Crippen LogP contribution in [0.25, 0.3) is 0 Å². The van der Waals surface area contributed by atoms with Gasteiger partial charge in [-0.3, -0.25) is 9.35 Å². The molecule has 0 spiro atoms. The zero-order valence-corrected chi connectivity index (χ0v) is 18.0. The minimum Gasteiger partial charge on any atom is -1.00 e. The first kappa shape index (κ1) is 23.6. The molecule has 1 aliphatic rings. The van der Waals surface area contributed by atoms with Crippen LogP contribution in [-0.2, 0) is 26.3 Å². The van der Waals surface area contributed by atoms with Crippen LogP contribution in [0, 0.1) is 11.8 Å². The van der Waals surface area contributed by atoms with E-state index in [2.05, 4.69) is 0 Å². The predicted octanol–water partition coefficient (Wildman–Crippen LogP) is 0.0292. The molecule has 6 nitrogen and oxygen atoms in total. The molecule has 2 N–H and O–H groups in total. The van der Waals surface area contributed by atoms with Crippen LogP contribution in [-0.4, -0.2) is 29.5 Å². The Morgan fingerprint density at radius 3 is 2.38 bits per heavy atom. The summed E-state index contributed by atoms with van der Waals surface area (Å²) in [6.45, 7) is 0.100. The van der Waals surface area contributed by atoms with Gasteiger partial charge in [-0.05, 0) is 17.9 Å². The number of esters is 1. The SMILES string of the molecule is O=C(OCc1ccccc1)C(CC1CCCCC1)CC(O)S(=O)(=O)O.[H-].[Na+]. The monoisotopic (exact) mass is 394 g/mol. The first-order valence-corrected chi connectivity index (χ1v) is 10.2. The largest absolute Gasteiger partial charge is 1.00 e. The molecule has 2 unspecified atom stereocenters. The normalized spacial score (nSPS) is 17.8. The predicted molar refractivity (Wildman–Crippen MR) is 94.2 cm³/mol. The standard InChI is InChI=1S/C18H26O6S.Na.H/c19-17(25(21,22)23)12-16(11-14-7-3-1-4-8-14)18(20)24-13-15-9-5-2-6-10-15;;/h2,5-6,9-10,14,16-17,19H,1,3-4,7-8,11-13H2,(H,21,22,23);;/q;+1;-1. The summed E-state index contributed by atoms with van der Waals surface area (Å²) < 4.78 is 36.5. The van der Waals surface area contributed by atoms with E-state index in [0.717, 1.165) is 31.2 Å². The summed E-state index contributed by atoms with van der Waals surface area (Å²) in [5.74, 6) is -0.961. The van der Waals surface area contributed by atoms with Crippen LogP contribution in [0.4, 0.5) is 0 Å². The van der Waals surface area contributed by atoms with Gasteiger partial charge in [-0.25, -0.2) is 0 Å². The molecule has 1 aromatic rings. The van der Waals surface area contributed by atoms with E-state index in [9.17, 15) is 18.3 Å². The van der Waals surface area contributed by atoms with Crippen LogP contribution in [0.5, 0.6) is 0 Å². The van der Waals surface area contributed by atoms with Gasteiger partial charge in [-0.15, -0.1) is 0 Å². The van der Waals surface area contributed by atoms with Crippen molar-refractivity contribution in [2.75, 3.05) is 0 Å². The van der Waals surface area contributed by atoms with E-state index in [-0.39, 0.29) is 44.0 Å². The summed E-state index contributed by atoms with van der Waals surface area (Å²) in [4.78, 5) is 12.4. The molecule has 0 bridgehead atoms. The molecule has 2 rings (SSSR count). The Bertz CT molecular complexity index is 649. The Morgan fingerprint density at radius 1 is 1.19 bits per heavy atom. The third-order valence-electron chi connectivity index (χ3n) is 4.73. The van der Waals surface area contributed by atoms with Crippen molar-refractivity contribution in [1.29, 1.82) is 0 Å². The molecule has 8 heteroatoms. The maximum Gasteiger partial charge on any atom is 1.00 e. The smallest absolute Gasteiger partial charge is 1.00 e. The van der Waals surface area contributed by atoms with Crippen LogP contribution in [0.1, 0.15) is 51.9 Å². The molecule has 0 aliphatic heterocycles. The van der Waals surface area contributed by atoms with Crippen molar-refractivity contribution >= 4 is 16.1 Å². The molecule has 1 aliphatic carbocycles. The van der Waals surface area contributed by atoms with Crippen molar-refractivity contribution in [3.8, 4) is 0 Å². The molecule has 0 saturated heterocycles. The van der Waals surface area contributed by atoms with E-state index < -0.39 is 27.4 Å². The molecular weight excluding hydrogens is 367 g/mol. The average Bonchev–Trinajstić information content (AvgIpc) is 2.60. The van der Waals surface area contributed by atoms with E-state index in [1.54, 1.807) is 0 Å². The Balaban J connectivity index is 0.00000338. The molecular formula is C18H27NaO6S. The minimum absolute atomic E-state index is 0. The summed E-state index contributed by atoms with van der Waals surface area (Å²) in [7, 11) is -4.59. The number of ether oxygens (including phenoxy) is 1. The maximum absolute atomic E-state index is 12.4. The number of hydrogen-bond donors (Lipinski definition) is 2. The minimum atomic E-state index is -4.59. The second-order valence-electron chi connectivity index (χ2n) is 6.74. The van der Waals surface area contributed by atoms with Gasteiger partial charge in [0.2, 0.25) is 0 Å². The van der Waals surface area contributed by atoms with Crippen molar-refractivity contribution in [3.05, 3.63) is 35.9 Å². The summed E-state index contributed by atoms with van der Waals surface area (Å²) >= 11 is 0. The summed E-state index contributed by atoms with van der Waals surface area (Å²) in [5, 5.41) is 9.67. The van der Waals surface area contributed by atoms with Gasteiger partial charge in [0.25, 0.3) is 10.1 Å². The number of benzene rings is 1. The van der Waals surface area contributed by atoms with Gasteiger partial charge in [0.05, 0.1) is 5.92 Å². The van der Waals surface area contributed by atoms with Crippen molar-refractivity contribution in [1.82, 2.24) is 0 Å². The zero-order valence-electron chi connectivity index (χ0n) is 16.2. The van der Waals surface area contributed by atoms with Gasteiger partial charge >= 0.3 is 35.5 Å². The van der Waals surface area contributed by atoms with Gasteiger partial charge in [0.1, 0.15) is 6.61 Å². The Hall–Kier alpha value is -0.440. The first-order chi connectivity index (χ1) is 11.9. The van der Waals surface area contributed by atoms with E-state index in [1.165, 1.54) is 6.42 Å². The molecule has 0 heterocycles.